The summed E-state index contributed by atoms with van der Waals surface area (Å²) in [5.41, 5.74) is 1.71. The van der Waals surface area contributed by atoms with Crippen LogP contribution in [0.1, 0.15) is 31.2 Å². The number of morpholine rings is 1. The number of aromatic amines is 1. The second kappa shape index (κ2) is 8.88. The third-order valence-electron chi connectivity index (χ3n) is 5.96. The molecule has 2 aliphatic heterocycles. The molecule has 1 amide bonds. The molecule has 1 N–H and O–H groups in total. The van der Waals surface area contributed by atoms with E-state index in [0.717, 1.165) is 55.5 Å². The quantitative estimate of drug-likeness (QED) is 0.861. The SMILES string of the molecule is O=C(CCC1CCCN(Cc2cc3ccccc3[nH]c2=O)C1)N1CCOCC1. The number of pyridine rings is 1. The maximum absolute atomic E-state index is 12.4. The molecule has 2 saturated heterocycles. The minimum Gasteiger partial charge on any atom is -0.378 e. The monoisotopic (exact) mass is 383 g/mol. The van der Waals surface area contributed by atoms with Gasteiger partial charge in [-0.25, -0.2) is 0 Å². The number of rotatable bonds is 5. The molecule has 1 atom stereocenters. The Bertz CT molecular complexity index is 873. The number of carbonyl (C=O) groups is 1. The van der Waals surface area contributed by atoms with Gasteiger partial charge in [0.15, 0.2) is 0 Å². The Morgan fingerprint density at radius 2 is 2.00 bits per heavy atom. The zero-order valence-corrected chi connectivity index (χ0v) is 16.4. The normalized spacial score (nSPS) is 21.1. The summed E-state index contributed by atoms with van der Waals surface area (Å²) in [6.07, 6.45) is 3.85. The van der Waals surface area contributed by atoms with E-state index in [1.165, 1.54) is 6.42 Å². The topological polar surface area (TPSA) is 65.6 Å². The van der Waals surface area contributed by atoms with E-state index in [4.69, 9.17) is 4.74 Å². The number of benzene rings is 1. The number of amides is 1. The van der Waals surface area contributed by atoms with E-state index in [2.05, 4.69) is 9.88 Å². The lowest BCUT2D eigenvalue weighted by atomic mass is 9.93. The fourth-order valence-corrected chi connectivity index (χ4v) is 4.38. The van der Waals surface area contributed by atoms with Crippen molar-refractivity contribution in [1.82, 2.24) is 14.8 Å². The summed E-state index contributed by atoms with van der Waals surface area (Å²) in [7, 11) is 0. The van der Waals surface area contributed by atoms with E-state index in [1.807, 2.05) is 35.2 Å². The number of H-pyrrole nitrogens is 1. The van der Waals surface area contributed by atoms with Crippen LogP contribution in [0.4, 0.5) is 0 Å². The average molecular weight is 383 g/mol. The van der Waals surface area contributed by atoms with E-state index in [-0.39, 0.29) is 11.5 Å². The minimum absolute atomic E-state index is 0.00307. The Balaban J connectivity index is 1.33. The average Bonchev–Trinajstić information content (AvgIpc) is 2.73. The summed E-state index contributed by atoms with van der Waals surface area (Å²) < 4.78 is 5.32. The van der Waals surface area contributed by atoms with Gasteiger partial charge in [0.2, 0.25) is 5.91 Å². The molecule has 1 unspecified atom stereocenters. The molecule has 0 aliphatic carbocycles. The third-order valence-corrected chi connectivity index (χ3v) is 5.96. The molecular formula is C22H29N3O3. The lowest BCUT2D eigenvalue weighted by molar-refractivity contribution is -0.135. The largest absolute Gasteiger partial charge is 0.378 e. The molecule has 0 radical (unpaired) electrons. The van der Waals surface area contributed by atoms with Gasteiger partial charge in [-0.3, -0.25) is 14.5 Å². The van der Waals surface area contributed by atoms with Crippen LogP contribution in [-0.2, 0) is 16.1 Å². The maximum Gasteiger partial charge on any atom is 0.252 e. The summed E-state index contributed by atoms with van der Waals surface area (Å²) in [5.74, 6) is 0.782. The van der Waals surface area contributed by atoms with Gasteiger partial charge in [-0.2, -0.15) is 0 Å². The van der Waals surface area contributed by atoms with Gasteiger partial charge >= 0.3 is 0 Å². The first-order chi connectivity index (χ1) is 13.7. The molecule has 4 rings (SSSR count). The van der Waals surface area contributed by atoms with Gasteiger partial charge in [0.05, 0.1) is 13.2 Å². The highest BCUT2D eigenvalue weighted by Gasteiger charge is 2.23. The van der Waals surface area contributed by atoms with E-state index < -0.39 is 0 Å². The van der Waals surface area contributed by atoms with Crippen LogP contribution in [0.3, 0.4) is 0 Å². The Kier molecular flexibility index (Phi) is 6.07. The summed E-state index contributed by atoms with van der Waals surface area (Å²) in [6.45, 7) is 5.41. The molecule has 1 aromatic heterocycles. The zero-order chi connectivity index (χ0) is 19.3. The number of carbonyl (C=O) groups excluding carboxylic acids is 1. The molecule has 6 heteroatoms. The Hall–Kier alpha value is -2.18. The second-order valence-corrected chi connectivity index (χ2v) is 7.99. The lowest BCUT2D eigenvalue weighted by Crippen LogP contribution is -2.41. The van der Waals surface area contributed by atoms with Gasteiger partial charge in [0, 0.05) is 43.7 Å². The number of nitrogens with zero attached hydrogens (tertiary/aromatic N) is 2. The first-order valence-corrected chi connectivity index (χ1v) is 10.4. The van der Waals surface area contributed by atoms with Crippen molar-refractivity contribution in [2.45, 2.75) is 32.2 Å². The molecule has 0 bridgehead atoms. The molecule has 6 nitrogen and oxygen atoms in total. The van der Waals surface area contributed by atoms with E-state index in [9.17, 15) is 9.59 Å². The number of para-hydroxylation sites is 1. The molecule has 0 spiro atoms. The number of likely N-dealkylation sites (tertiary alicyclic amines) is 1. The molecule has 1 aromatic carbocycles. The molecule has 150 valence electrons. The van der Waals surface area contributed by atoms with Gasteiger partial charge in [0.1, 0.15) is 0 Å². The Morgan fingerprint density at radius 3 is 2.86 bits per heavy atom. The van der Waals surface area contributed by atoms with Gasteiger partial charge < -0.3 is 14.6 Å². The van der Waals surface area contributed by atoms with Crippen LogP contribution in [0.5, 0.6) is 0 Å². The van der Waals surface area contributed by atoms with Crippen LogP contribution in [0.2, 0.25) is 0 Å². The highest BCUT2D eigenvalue weighted by atomic mass is 16.5. The lowest BCUT2D eigenvalue weighted by Gasteiger charge is -2.33. The van der Waals surface area contributed by atoms with Crippen molar-refractivity contribution >= 4 is 16.8 Å². The third kappa shape index (κ3) is 4.62. The number of aromatic nitrogens is 1. The second-order valence-electron chi connectivity index (χ2n) is 7.99. The number of fused-ring (bicyclic) bond motifs is 1. The molecule has 2 fully saturated rings. The first-order valence-electron chi connectivity index (χ1n) is 10.4. The number of hydrogen-bond donors (Lipinski definition) is 1. The van der Waals surface area contributed by atoms with E-state index in [0.29, 0.717) is 32.1 Å². The smallest absolute Gasteiger partial charge is 0.252 e. The van der Waals surface area contributed by atoms with Gasteiger partial charge in [-0.1, -0.05) is 18.2 Å². The summed E-state index contributed by atoms with van der Waals surface area (Å²) in [4.78, 5) is 32.1. The first kappa shape index (κ1) is 19.2. The van der Waals surface area contributed by atoms with Crippen LogP contribution in [-0.4, -0.2) is 60.1 Å². The molecule has 28 heavy (non-hydrogen) atoms. The van der Waals surface area contributed by atoms with Crippen molar-refractivity contribution in [3.63, 3.8) is 0 Å². The van der Waals surface area contributed by atoms with Gasteiger partial charge in [-0.05, 0) is 49.2 Å². The molecule has 2 aromatic rings. The van der Waals surface area contributed by atoms with Crippen molar-refractivity contribution in [3.05, 3.63) is 46.2 Å². The van der Waals surface area contributed by atoms with Crippen molar-refractivity contribution in [3.8, 4) is 0 Å². The zero-order valence-electron chi connectivity index (χ0n) is 16.4. The van der Waals surface area contributed by atoms with E-state index in [1.54, 1.807) is 0 Å². The van der Waals surface area contributed by atoms with Crippen LogP contribution in [0.25, 0.3) is 10.9 Å². The summed E-state index contributed by atoms with van der Waals surface area (Å²) in [6, 6.07) is 9.91. The molecule has 0 saturated carbocycles. The molecule has 2 aliphatic rings. The van der Waals surface area contributed by atoms with Crippen LogP contribution < -0.4 is 5.56 Å². The highest BCUT2D eigenvalue weighted by Crippen LogP contribution is 2.23. The molecule has 3 heterocycles. The summed E-state index contributed by atoms with van der Waals surface area (Å²) in [5, 5.41) is 1.07. The Labute approximate surface area is 165 Å². The molecular weight excluding hydrogens is 354 g/mol. The van der Waals surface area contributed by atoms with E-state index >= 15 is 0 Å². The van der Waals surface area contributed by atoms with Gasteiger partial charge in [-0.15, -0.1) is 0 Å². The maximum atomic E-state index is 12.4. The van der Waals surface area contributed by atoms with Crippen LogP contribution in [0, 0.1) is 5.92 Å². The van der Waals surface area contributed by atoms with Crippen LogP contribution >= 0.6 is 0 Å². The van der Waals surface area contributed by atoms with Crippen LogP contribution in [0.15, 0.2) is 35.1 Å². The number of nitrogens with one attached hydrogen (secondary N) is 1. The highest BCUT2D eigenvalue weighted by molar-refractivity contribution is 5.78. The minimum atomic E-state index is 0.00307. The number of piperidine rings is 1. The van der Waals surface area contributed by atoms with Gasteiger partial charge in [0.25, 0.3) is 5.56 Å². The summed E-state index contributed by atoms with van der Waals surface area (Å²) >= 11 is 0. The number of hydrogen-bond acceptors (Lipinski definition) is 4. The predicted molar refractivity (Wildman–Crippen MR) is 109 cm³/mol. The Morgan fingerprint density at radius 1 is 1.18 bits per heavy atom. The number of ether oxygens (including phenoxy) is 1. The predicted octanol–water partition coefficient (Wildman–Crippen LogP) is 2.38. The van der Waals surface area contributed by atoms with Crippen molar-refractivity contribution < 1.29 is 9.53 Å². The standard InChI is InChI=1S/C22H29N3O3/c26-21(25-10-12-28-13-11-25)8-7-17-4-3-9-24(15-17)16-19-14-18-5-1-2-6-20(18)23-22(19)27/h1-2,5-6,14,17H,3-4,7-13,15-16H2,(H,23,27). The van der Waals surface area contributed by atoms with Crippen molar-refractivity contribution in [1.29, 1.82) is 0 Å². The fraction of sp³-hybridized carbons (Fsp3) is 0.545. The van der Waals surface area contributed by atoms with Crippen molar-refractivity contribution in [2.75, 3.05) is 39.4 Å². The van der Waals surface area contributed by atoms with Crippen molar-refractivity contribution in [2.24, 2.45) is 5.92 Å². The fourth-order valence-electron chi connectivity index (χ4n) is 4.38.